The average molecular weight is 195 g/mol. The lowest BCUT2D eigenvalue weighted by atomic mass is 10.2. The Balaban J connectivity index is 3.13. The standard InChI is InChI=1S/C9H13N3O2/c1-5(13)12-8-3-6(10)7(11)4-9(8)14-2/h3-4H,10-11H2,1-2H3,(H,12,13). The Hall–Kier alpha value is -1.91. The molecule has 0 atom stereocenters. The average Bonchev–Trinajstić information content (AvgIpc) is 2.10. The van der Waals surface area contributed by atoms with Crippen LogP contribution in [0.25, 0.3) is 0 Å². The molecule has 1 aromatic carbocycles. The van der Waals surface area contributed by atoms with E-state index in [1.54, 1.807) is 12.1 Å². The predicted octanol–water partition coefficient (Wildman–Crippen LogP) is 0.818. The summed E-state index contributed by atoms with van der Waals surface area (Å²) in [5.74, 6) is 0.305. The van der Waals surface area contributed by atoms with Crippen LogP contribution in [0.3, 0.4) is 0 Å². The molecule has 1 amide bonds. The maximum absolute atomic E-state index is 10.8. The van der Waals surface area contributed by atoms with Crippen LogP contribution in [0.2, 0.25) is 0 Å². The van der Waals surface area contributed by atoms with E-state index >= 15 is 0 Å². The van der Waals surface area contributed by atoms with Gasteiger partial charge in [-0.1, -0.05) is 0 Å². The molecule has 5 nitrogen and oxygen atoms in total. The Bertz CT molecular complexity index is 363. The van der Waals surface area contributed by atoms with Crippen molar-refractivity contribution in [2.75, 3.05) is 23.9 Å². The monoisotopic (exact) mass is 195 g/mol. The van der Waals surface area contributed by atoms with E-state index in [0.29, 0.717) is 22.8 Å². The van der Waals surface area contributed by atoms with Gasteiger partial charge < -0.3 is 21.5 Å². The summed E-state index contributed by atoms with van der Waals surface area (Å²) < 4.78 is 5.03. The fraction of sp³-hybridized carbons (Fsp3) is 0.222. The lowest BCUT2D eigenvalue weighted by molar-refractivity contribution is -0.114. The minimum Gasteiger partial charge on any atom is -0.494 e. The lowest BCUT2D eigenvalue weighted by Gasteiger charge is -2.11. The topological polar surface area (TPSA) is 90.4 Å². The highest BCUT2D eigenvalue weighted by molar-refractivity contribution is 5.92. The number of carbonyl (C=O) groups is 1. The summed E-state index contributed by atoms with van der Waals surface area (Å²) in [6, 6.07) is 3.14. The third kappa shape index (κ3) is 2.07. The van der Waals surface area contributed by atoms with Crippen molar-refractivity contribution < 1.29 is 9.53 Å². The van der Waals surface area contributed by atoms with E-state index in [-0.39, 0.29) is 5.91 Å². The second-order valence-corrected chi connectivity index (χ2v) is 2.86. The van der Waals surface area contributed by atoms with Gasteiger partial charge in [0.05, 0.1) is 24.2 Å². The maximum atomic E-state index is 10.8. The van der Waals surface area contributed by atoms with Crippen molar-refractivity contribution in [3.63, 3.8) is 0 Å². The van der Waals surface area contributed by atoms with Crippen LogP contribution in [-0.4, -0.2) is 13.0 Å². The number of benzene rings is 1. The fourth-order valence-corrected chi connectivity index (χ4v) is 1.07. The van der Waals surface area contributed by atoms with Gasteiger partial charge in [0, 0.05) is 13.0 Å². The molecule has 0 unspecified atom stereocenters. The van der Waals surface area contributed by atoms with Crippen molar-refractivity contribution in [2.24, 2.45) is 0 Å². The molecule has 0 aliphatic carbocycles. The number of amides is 1. The number of hydrogen-bond acceptors (Lipinski definition) is 4. The van der Waals surface area contributed by atoms with Gasteiger partial charge >= 0.3 is 0 Å². The van der Waals surface area contributed by atoms with Crippen LogP contribution in [0.5, 0.6) is 5.75 Å². The van der Waals surface area contributed by atoms with Crippen molar-refractivity contribution in [3.8, 4) is 5.75 Å². The Labute approximate surface area is 82.0 Å². The second-order valence-electron chi connectivity index (χ2n) is 2.86. The first-order chi connectivity index (χ1) is 6.54. The molecule has 1 aromatic rings. The van der Waals surface area contributed by atoms with Gasteiger partial charge in [-0.15, -0.1) is 0 Å². The Morgan fingerprint density at radius 3 is 2.43 bits per heavy atom. The summed E-state index contributed by atoms with van der Waals surface area (Å²) in [6.45, 7) is 1.41. The van der Waals surface area contributed by atoms with Crippen LogP contribution >= 0.6 is 0 Å². The van der Waals surface area contributed by atoms with Gasteiger partial charge in [-0.3, -0.25) is 4.79 Å². The van der Waals surface area contributed by atoms with Crippen molar-refractivity contribution in [1.29, 1.82) is 0 Å². The molecule has 0 spiro atoms. The number of nitrogen functional groups attached to an aromatic ring is 2. The molecule has 0 saturated heterocycles. The zero-order valence-corrected chi connectivity index (χ0v) is 8.13. The highest BCUT2D eigenvalue weighted by Gasteiger charge is 2.07. The number of methoxy groups -OCH3 is 1. The molecular weight excluding hydrogens is 182 g/mol. The molecule has 0 aromatic heterocycles. The SMILES string of the molecule is COc1cc(N)c(N)cc1NC(C)=O. The quantitative estimate of drug-likeness (QED) is 0.609. The van der Waals surface area contributed by atoms with Gasteiger partial charge in [0.2, 0.25) is 5.91 Å². The molecule has 5 heteroatoms. The second kappa shape index (κ2) is 3.87. The van der Waals surface area contributed by atoms with Crippen molar-refractivity contribution in [1.82, 2.24) is 0 Å². The van der Waals surface area contributed by atoms with Gasteiger partial charge in [0.15, 0.2) is 0 Å². The molecule has 0 aliphatic heterocycles. The first-order valence-corrected chi connectivity index (χ1v) is 4.05. The summed E-state index contributed by atoms with van der Waals surface area (Å²) in [4.78, 5) is 10.8. The van der Waals surface area contributed by atoms with Crippen LogP contribution in [0.1, 0.15) is 6.92 Å². The van der Waals surface area contributed by atoms with Gasteiger partial charge in [-0.25, -0.2) is 0 Å². The number of carbonyl (C=O) groups excluding carboxylic acids is 1. The van der Waals surface area contributed by atoms with E-state index in [2.05, 4.69) is 5.32 Å². The van der Waals surface area contributed by atoms with E-state index in [0.717, 1.165) is 0 Å². The Morgan fingerprint density at radius 1 is 1.36 bits per heavy atom. The molecule has 14 heavy (non-hydrogen) atoms. The molecule has 0 aliphatic rings. The van der Waals surface area contributed by atoms with Crippen LogP contribution in [0.4, 0.5) is 17.1 Å². The third-order valence-electron chi connectivity index (χ3n) is 1.72. The van der Waals surface area contributed by atoms with E-state index in [1.165, 1.54) is 14.0 Å². The number of nitrogens with two attached hydrogens (primary N) is 2. The van der Waals surface area contributed by atoms with Gasteiger partial charge in [0.25, 0.3) is 0 Å². The largest absolute Gasteiger partial charge is 0.494 e. The molecule has 76 valence electrons. The molecule has 0 heterocycles. The van der Waals surface area contributed by atoms with Crippen LogP contribution < -0.4 is 21.5 Å². The minimum absolute atomic E-state index is 0.188. The highest BCUT2D eigenvalue weighted by Crippen LogP contribution is 2.31. The van der Waals surface area contributed by atoms with Crippen molar-refractivity contribution >= 4 is 23.0 Å². The number of hydrogen-bond donors (Lipinski definition) is 3. The molecule has 1 rings (SSSR count). The van der Waals surface area contributed by atoms with Crippen LogP contribution in [0.15, 0.2) is 12.1 Å². The summed E-state index contributed by atoms with van der Waals surface area (Å²) in [5, 5.41) is 2.59. The van der Waals surface area contributed by atoms with Gasteiger partial charge in [0.1, 0.15) is 5.75 Å². The van der Waals surface area contributed by atoms with Gasteiger partial charge in [-0.05, 0) is 6.07 Å². The zero-order chi connectivity index (χ0) is 10.7. The maximum Gasteiger partial charge on any atom is 0.221 e. The van der Waals surface area contributed by atoms with Gasteiger partial charge in [-0.2, -0.15) is 0 Å². The fourth-order valence-electron chi connectivity index (χ4n) is 1.07. The zero-order valence-electron chi connectivity index (χ0n) is 8.13. The summed E-state index contributed by atoms with van der Waals surface area (Å²) >= 11 is 0. The van der Waals surface area contributed by atoms with Crippen molar-refractivity contribution in [2.45, 2.75) is 6.92 Å². The number of nitrogens with one attached hydrogen (secondary N) is 1. The molecule has 0 bridgehead atoms. The summed E-state index contributed by atoms with van der Waals surface area (Å²) in [7, 11) is 1.50. The van der Waals surface area contributed by atoms with E-state index in [9.17, 15) is 4.79 Å². The molecule has 0 radical (unpaired) electrons. The molecule has 5 N–H and O–H groups in total. The van der Waals surface area contributed by atoms with E-state index in [1.807, 2.05) is 0 Å². The highest BCUT2D eigenvalue weighted by atomic mass is 16.5. The summed E-state index contributed by atoms with van der Waals surface area (Å²) in [5.41, 5.74) is 12.5. The predicted molar refractivity (Wildman–Crippen MR) is 56.1 cm³/mol. The number of anilines is 3. The van der Waals surface area contributed by atoms with Crippen LogP contribution in [0, 0.1) is 0 Å². The minimum atomic E-state index is -0.188. The number of rotatable bonds is 2. The molecular formula is C9H13N3O2. The van der Waals surface area contributed by atoms with Crippen LogP contribution in [-0.2, 0) is 4.79 Å². The first-order valence-electron chi connectivity index (χ1n) is 4.05. The van der Waals surface area contributed by atoms with E-state index in [4.69, 9.17) is 16.2 Å². The third-order valence-corrected chi connectivity index (χ3v) is 1.72. The normalized spacial score (nSPS) is 9.57. The smallest absolute Gasteiger partial charge is 0.221 e. The van der Waals surface area contributed by atoms with Crippen molar-refractivity contribution in [3.05, 3.63) is 12.1 Å². The first kappa shape index (κ1) is 10.2. The lowest BCUT2D eigenvalue weighted by Crippen LogP contribution is -2.08. The molecule has 0 saturated carbocycles. The Morgan fingerprint density at radius 2 is 1.93 bits per heavy atom. The van der Waals surface area contributed by atoms with E-state index < -0.39 is 0 Å². The molecule has 0 fully saturated rings. The Kier molecular flexibility index (Phi) is 2.81. The summed E-state index contributed by atoms with van der Waals surface area (Å²) in [6.07, 6.45) is 0. The number of ether oxygens (including phenoxy) is 1.